The Hall–Kier alpha value is -3.47. The highest BCUT2D eigenvalue weighted by Crippen LogP contribution is 2.25. The summed E-state index contributed by atoms with van der Waals surface area (Å²) >= 11 is 0. The van der Waals surface area contributed by atoms with Crippen LogP contribution in [0.5, 0.6) is 17.2 Å². The molecule has 0 aromatic heterocycles. The Morgan fingerprint density at radius 2 is 1.54 bits per heavy atom. The molecule has 1 atom stereocenters. The monoisotopic (exact) mass is 377 g/mol. The molecule has 0 fully saturated rings. The molecule has 1 unspecified atom stereocenters. The van der Waals surface area contributed by atoms with Gasteiger partial charge in [-0.05, 0) is 30.3 Å². The summed E-state index contributed by atoms with van der Waals surface area (Å²) in [5.41, 5.74) is 1.60. The lowest BCUT2D eigenvalue weighted by atomic mass is 10.1. The Morgan fingerprint density at radius 1 is 0.857 bits per heavy atom. The van der Waals surface area contributed by atoms with Gasteiger partial charge in [0.15, 0.2) is 0 Å². The van der Waals surface area contributed by atoms with Crippen molar-refractivity contribution >= 4 is 5.91 Å². The molecule has 0 aliphatic rings. The van der Waals surface area contributed by atoms with Crippen LogP contribution in [-0.2, 0) is 11.3 Å². The lowest BCUT2D eigenvalue weighted by Gasteiger charge is -2.20. The fourth-order valence-corrected chi connectivity index (χ4v) is 2.83. The van der Waals surface area contributed by atoms with E-state index < -0.39 is 6.10 Å². The van der Waals surface area contributed by atoms with Crippen LogP contribution >= 0.6 is 0 Å². The molecule has 3 aromatic rings. The van der Waals surface area contributed by atoms with Crippen LogP contribution in [0.4, 0.5) is 0 Å². The van der Waals surface area contributed by atoms with Crippen molar-refractivity contribution in [1.82, 2.24) is 5.32 Å². The van der Waals surface area contributed by atoms with Gasteiger partial charge in [-0.25, -0.2) is 0 Å². The molecule has 28 heavy (non-hydrogen) atoms. The molecule has 1 N–H and O–H groups in total. The topological polar surface area (TPSA) is 56.8 Å². The van der Waals surface area contributed by atoms with Crippen molar-refractivity contribution in [3.05, 3.63) is 90.0 Å². The van der Waals surface area contributed by atoms with E-state index in [4.69, 9.17) is 14.2 Å². The molecule has 0 aliphatic carbocycles. The first kappa shape index (κ1) is 19.3. The highest BCUT2D eigenvalue weighted by Gasteiger charge is 2.22. The zero-order chi connectivity index (χ0) is 19.8. The number of amides is 1. The standard InChI is InChI=1S/C23H23NO4/c1-26-20-13-14-21(27-2)18(15-20)16-24-23(25)22(17-9-5-3-6-10-17)28-19-11-7-4-8-12-19/h3-15,22H,16H2,1-2H3,(H,24,25). The Morgan fingerprint density at radius 3 is 2.18 bits per heavy atom. The third-order valence-corrected chi connectivity index (χ3v) is 4.28. The summed E-state index contributed by atoms with van der Waals surface area (Å²) in [6.07, 6.45) is -0.764. The second kappa shape index (κ2) is 9.46. The van der Waals surface area contributed by atoms with E-state index >= 15 is 0 Å². The Bertz CT molecular complexity index is 897. The summed E-state index contributed by atoms with van der Waals surface area (Å²) < 4.78 is 16.6. The minimum atomic E-state index is -0.764. The quantitative estimate of drug-likeness (QED) is 0.641. The number of methoxy groups -OCH3 is 2. The number of carbonyl (C=O) groups is 1. The first-order valence-corrected chi connectivity index (χ1v) is 8.96. The maximum atomic E-state index is 13.0. The van der Waals surface area contributed by atoms with Crippen molar-refractivity contribution in [2.75, 3.05) is 14.2 Å². The second-order valence-corrected chi connectivity index (χ2v) is 6.12. The average molecular weight is 377 g/mol. The predicted octanol–water partition coefficient (Wildman–Crippen LogP) is 4.14. The molecule has 0 spiro atoms. The largest absolute Gasteiger partial charge is 0.497 e. The zero-order valence-corrected chi connectivity index (χ0v) is 15.9. The molecular formula is C23H23NO4. The Balaban J connectivity index is 1.78. The predicted molar refractivity (Wildman–Crippen MR) is 108 cm³/mol. The first-order chi connectivity index (χ1) is 13.7. The number of carbonyl (C=O) groups excluding carboxylic acids is 1. The smallest absolute Gasteiger partial charge is 0.266 e. The van der Waals surface area contributed by atoms with Crippen LogP contribution in [0.3, 0.4) is 0 Å². The normalized spacial score (nSPS) is 11.4. The molecule has 3 rings (SSSR count). The fraction of sp³-hybridized carbons (Fsp3) is 0.174. The number of hydrogen-bond acceptors (Lipinski definition) is 4. The molecular weight excluding hydrogens is 354 g/mol. The molecule has 0 bridgehead atoms. The molecule has 144 valence electrons. The van der Waals surface area contributed by atoms with Gasteiger partial charge < -0.3 is 19.5 Å². The number of benzene rings is 3. The molecule has 0 aliphatic heterocycles. The minimum absolute atomic E-state index is 0.236. The van der Waals surface area contributed by atoms with Gasteiger partial charge in [-0.15, -0.1) is 0 Å². The van der Waals surface area contributed by atoms with E-state index in [0.29, 0.717) is 23.8 Å². The molecule has 0 radical (unpaired) electrons. The molecule has 5 heteroatoms. The van der Waals surface area contributed by atoms with Crippen LogP contribution in [0, 0.1) is 0 Å². The number of para-hydroxylation sites is 1. The highest BCUT2D eigenvalue weighted by molar-refractivity contribution is 5.82. The molecule has 0 saturated carbocycles. The fourth-order valence-electron chi connectivity index (χ4n) is 2.83. The van der Waals surface area contributed by atoms with Crippen LogP contribution in [0.2, 0.25) is 0 Å². The zero-order valence-electron chi connectivity index (χ0n) is 15.9. The van der Waals surface area contributed by atoms with Gasteiger partial charge in [-0.2, -0.15) is 0 Å². The Kier molecular flexibility index (Phi) is 6.52. The van der Waals surface area contributed by atoms with Gasteiger partial charge in [0.05, 0.1) is 14.2 Å². The van der Waals surface area contributed by atoms with E-state index in [9.17, 15) is 4.79 Å². The summed E-state index contributed by atoms with van der Waals surface area (Å²) in [5.74, 6) is 1.77. The van der Waals surface area contributed by atoms with Crippen molar-refractivity contribution in [3.8, 4) is 17.2 Å². The van der Waals surface area contributed by atoms with E-state index in [0.717, 1.165) is 11.1 Å². The van der Waals surface area contributed by atoms with Crippen molar-refractivity contribution in [2.24, 2.45) is 0 Å². The molecule has 1 amide bonds. The van der Waals surface area contributed by atoms with Crippen molar-refractivity contribution in [2.45, 2.75) is 12.6 Å². The van der Waals surface area contributed by atoms with Crippen molar-refractivity contribution in [1.29, 1.82) is 0 Å². The summed E-state index contributed by atoms with van der Waals surface area (Å²) in [7, 11) is 3.20. The van der Waals surface area contributed by atoms with E-state index in [2.05, 4.69) is 5.32 Å². The van der Waals surface area contributed by atoms with Crippen LogP contribution in [-0.4, -0.2) is 20.1 Å². The summed E-state index contributed by atoms with van der Waals surface area (Å²) in [5, 5.41) is 2.94. The van der Waals surface area contributed by atoms with Crippen LogP contribution in [0.25, 0.3) is 0 Å². The number of nitrogens with one attached hydrogen (secondary N) is 1. The molecule has 0 heterocycles. The third kappa shape index (κ3) is 4.82. The summed E-state index contributed by atoms with van der Waals surface area (Å²) in [6, 6.07) is 24.2. The lowest BCUT2D eigenvalue weighted by Crippen LogP contribution is -2.32. The lowest BCUT2D eigenvalue weighted by molar-refractivity contribution is -0.128. The van der Waals surface area contributed by atoms with Crippen LogP contribution in [0.15, 0.2) is 78.9 Å². The maximum Gasteiger partial charge on any atom is 0.266 e. The van der Waals surface area contributed by atoms with Crippen LogP contribution < -0.4 is 19.5 Å². The number of hydrogen-bond donors (Lipinski definition) is 1. The van der Waals surface area contributed by atoms with Gasteiger partial charge >= 0.3 is 0 Å². The van der Waals surface area contributed by atoms with Crippen molar-refractivity contribution < 1.29 is 19.0 Å². The highest BCUT2D eigenvalue weighted by atomic mass is 16.5. The molecule has 5 nitrogen and oxygen atoms in total. The van der Waals surface area contributed by atoms with Gasteiger partial charge in [0.25, 0.3) is 5.91 Å². The van der Waals surface area contributed by atoms with Gasteiger partial charge in [-0.3, -0.25) is 4.79 Å². The maximum absolute atomic E-state index is 13.0. The molecule has 0 saturated heterocycles. The van der Waals surface area contributed by atoms with Crippen LogP contribution in [0.1, 0.15) is 17.2 Å². The van der Waals surface area contributed by atoms with Gasteiger partial charge in [0, 0.05) is 17.7 Å². The van der Waals surface area contributed by atoms with Crippen molar-refractivity contribution in [3.63, 3.8) is 0 Å². The summed E-state index contributed by atoms with van der Waals surface area (Å²) in [6.45, 7) is 0.292. The van der Waals surface area contributed by atoms with E-state index in [1.165, 1.54) is 0 Å². The average Bonchev–Trinajstić information content (AvgIpc) is 2.76. The van der Waals surface area contributed by atoms with Gasteiger partial charge in [0.1, 0.15) is 17.2 Å². The first-order valence-electron chi connectivity index (χ1n) is 8.96. The van der Waals surface area contributed by atoms with E-state index in [1.54, 1.807) is 14.2 Å². The van der Waals surface area contributed by atoms with E-state index in [1.807, 2.05) is 78.9 Å². The van der Waals surface area contributed by atoms with Gasteiger partial charge in [0.2, 0.25) is 6.10 Å². The number of ether oxygens (including phenoxy) is 3. The summed E-state index contributed by atoms with van der Waals surface area (Å²) in [4.78, 5) is 13.0. The SMILES string of the molecule is COc1ccc(OC)c(CNC(=O)C(Oc2ccccc2)c2ccccc2)c1. The number of rotatable bonds is 8. The minimum Gasteiger partial charge on any atom is -0.497 e. The Labute approximate surface area is 164 Å². The second-order valence-electron chi connectivity index (χ2n) is 6.12. The molecule has 3 aromatic carbocycles. The van der Waals surface area contributed by atoms with Gasteiger partial charge in [-0.1, -0.05) is 48.5 Å². The van der Waals surface area contributed by atoms with E-state index in [-0.39, 0.29) is 5.91 Å². The third-order valence-electron chi connectivity index (χ3n) is 4.28.